The lowest BCUT2D eigenvalue weighted by Gasteiger charge is -2.23. The third kappa shape index (κ3) is 2.71. The van der Waals surface area contributed by atoms with Crippen molar-refractivity contribution in [1.82, 2.24) is 0 Å². The summed E-state index contributed by atoms with van der Waals surface area (Å²) < 4.78 is 27.9. The molecule has 0 aliphatic heterocycles. The monoisotopic (exact) mass is 277 g/mol. The molecular weight excluding hydrogens is 260 g/mol. The fourth-order valence-electron chi connectivity index (χ4n) is 2.32. The smallest absolute Gasteiger partial charge is 0.131 e. The summed E-state index contributed by atoms with van der Waals surface area (Å²) in [5.41, 5.74) is 6.52. The maximum Gasteiger partial charge on any atom is 0.131 e. The maximum absolute atomic E-state index is 14.1. The average molecular weight is 277 g/mol. The van der Waals surface area contributed by atoms with Crippen molar-refractivity contribution in [1.29, 1.82) is 0 Å². The zero-order chi connectivity index (χ0) is 14.7. The van der Waals surface area contributed by atoms with E-state index in [-0.39, 0.29) is 12.1 Å². The first-order chi connectivity index (χ1) is 9.56. The summed E-state index contributed by atoms with van der Waals surface area (Å²) in [6.45, 7) is 1.64. The number of rotatable bonds is 4. The van der Waals surface area contributed by atoms with E-state index in [2.05, 4.69) is 0 Å². The third-order valence-corrected chi connectivity index (χ3v) is 3.48. The van der Waals surface area contributed by atoms with Gasteiger partial charge in [-0.2, -0.15) is 0 Å². The molecule has 2 nitrogen and oxygen atoms in total. The SMILES string of the molecule is Cc1cccc(C(O)C(CN)c2ccccc2F)c1F. The van der Waals surface area contributed by atoms with Crippen molar-refractivity contribution in [2.45, 2.75) is 18.9 Å². The Balaban J connectivity index is 2.42. The molecule has 0 heterocycles. The van der Waals surface area contributed by atoms with Gasteiger partial charge in [0.25, 0.3) is 0 Å². The first-order valence-corrected chi connectivity index (χ1v) is 6.43. The second-order valence-corrected chi connectivity index (χ2v) is 4.79. The highest BCUT2D eigenvalue weighted by Gasteiger charge is 2.26. The highest BCUT2D eigenvalue weighted by molar-refractivity contribution is 5.31. The molecule has 0 radical (unpaired) electrons. The van der Waals surface area contributed by atoms with Crippen LogP contribution in [0.15, 0.2) is 42.5 Å². The third-order valence-electron chi connectivity index (χ3n) is 3.48. The van der Waals surface area contributed by atoms with Gasteiger partial charge in [-0.3, -0.25) is 0 Å². The van der Waals surface area contributed by atoms with E-state index in [0.29, 0.717) is 11.1 Å². The van der Waals surface area contributed by atoms with Crippen LogP contribution in [0.2, 0.25) is 0 Å². The topological polar surface area (TPSA) is 46.2 Å². The molecule has 2 rings (SSSR count). The summed E-state index contributed by atoms with van der Waals surface area (Å²) >= 11 is 0. The minimum Gasteiger partial charge on any atom is -0.388 e. The molecule has 2 aromatic rings. The zero-order valence-corrected chi connectivity index (χ0v) is 11.2. The summed E-state index contributed by atoms with van der Waals surface area (Å²) in [6.07, 6.45) is -1.18. The van der Waals surface area contributed by atoms with Crippen LogP contribution in [-0.4, -0.2) is 11.7 Å². The second-order valence-electron chi connectivity index (χ2n) is 4.79. The molecule has 4 heteroatoms. The zero-order valence-electron chi connectivity index (χ0n) is 11.2. The molecular formula is C16H17F2NO. The Kier molecular flexibility index (Phi) is 4.47. The first-order valence-electron chi connectivity index (χ1n) is 6.43. The minimum absolute atomic E-state index is 0.0233. The number of nitrogens with two attached hydrogens (primary N) is 1. The van der Waals surface area contributed by atoms with Crippen molar-refractivity contribution in [2.24, 2.45) is 5.73 Å². The van der Waals surface area contributed by atoms with Crippen LogP contribution >= 0.6 is 0 Å². The summed E-state index contributed by atoms with van der Waals surface area (Å²) in [5.74, 6) is -1.61. The molecule has 0 aliphatic carbocycles. The lowest BCUT2D eigenvalue weighted by Crippen LogP contribution is -2.22. The molecule has 20 heavy (non-hydrogen) atoms. The summed E-state index contributed by atoms with van der Waals surface area (Å²) in [6, 6.07) is 10.9. The van der Waals surface area contributed by atoms with Crippen molar-refractivity contribution in [2.75, 3.05) is 6.54 Å². The second kappa shape index (κ2) is 6.11. The van der Waals surface area contributed by atoms with E-state index in [1.165, 1.54) is 12.1 Å². The van der Waals surface area contributed by atoms with Crippen molar-refractivity contribution in [3.63, 3.8) is 0 Å². The molecule has 2 aromatic carbocycles. The van der Waals surface area contributed by atoms with E-state index in [4.69, 9.17) is 5.73 Å². The molecule has 0 saturated heterocycles. The Bertz CT molecular complexity index is 601. The van der Waals surface area contributed by atoms with Crippen LogP contribution in [0, 0.1) is 18.6 Å². The van der Waals surface area contributed by atoms with Crippen molar-refractivity contribution >= 4 is 0 Å². The number of hydrogen-bond donors (Lipinski definition) is 2. The Morgan fingerprint density at radius 1 is 1.05 bits per heavy atom. The van der Waals surface area contributed by atoms with Gasteiger partial charge < -0.3 is 10.8 Å². The minimum atomic E-state index is -1.18. The van der Waals surface area contributed by atoms with Crippen LogP contribution in [0.25, 0.3) is 0 Å². The first kappa shape index (κ1) is 14.6. The molecule has 0 aliphatic rings. The van der Waals surface area contributed by atoms with Crippen molar-refractivity contribution in [3.05, 3.63) is 70.8 Å². The lowest BCUT2D eigenvalue weighted by molar-refractivity contribution is 0.141. The van der Waals surface area contributed by atoms with Gasteiger partial charge in [0, 0.05) is 18.0 Å². The number of halogens is 2. The maximum atomic E-state index is 14.1. The van der Waals surface area contributed by atoms with Gasteiger partial charge in [-0.25, -0.2) is 8.78 Å². The number of aliphatic hydroxyl groups excluding tert-OH is 1. The predicted octanol–water partition coefficient (Wildman–Crippen LogP) is 3.05. The predicted molar refractivity (Wildman–Crippen MR) is 74.3 cm³/mol. The van der Waals surface area contributed by atoms with Gasteiger partial charge in [0.05, 0.1) is 6.10 Å². The molecule has 0 saturated carbocycles. The molecule has 106 valence electrons. The highest BCUT2D eigenvalue weighted by Crippen LogP contribution is 2.33. The van der Waals surface area contributed by atoms with Crippen LogP contribution in [-0.2, 0) is 0 Å². The molecule has 3 N–H and O–H groups in total. The molecule has 2 atom stereocenters. The number of benzene rings is 2. The van der Waals surface area contributed by atoms with Crippen molar-refractivity contribution in [3.8, 4) is 0 Å². The van der Waals surface area contributed by atoms with E-state index in [1.54, 1.807) is 37.3 Å². The Morgan fingerprint density at radius 2 is 1.70 bits per heavy atom. The van der Waals surface area contributed by atoms with E-state index < -0.39 is 23.7 Å². The molecule has 0 aromatic heterocycles. The van der Waals surface area contributed by atoms with E-state index >= 15 is 0 Å². The number of aryl methyl sites for hydroxylation is 1. The summed E-state index contributed by atoms with van der Waals surface area (Å²) in [7, 11) is 0. The van der Waals surface area contributed by atoms with Gasteiger partial charge in [0.2, 0.25) is 0 Å². The summed E-state index contributed by atoms with van der Waals surface area (Å²) in [5, 5.41) is 10.4. The average Bonchev–Trinajstić information content (AvgIpc) is 2.44. The Morgan fingerprint density at radius 3 is 2.35 bits per heavy atom. The molecule has 0 amide bonds. The van der Waals surface area contributed by atoms with Gasteiger partial charge >= 0.3 is 0 Å². The van der Waals surface area contributed by atoms with Crippen molar-refractivity contribution < 1.29 is 13.9 Å². The Hall–Kier alpha value is -1.78. The largest absolute Gasteiger partial charge is 0.388 e. The van der Waals surface area contributed by atoms with Gasteiger partial charge in [0.15, 0.2) is 0 Å². The number of aliphatic hydroxyl groups is 1. The normalized spacial score (nSPS) is 14.1. The van der Waals surface area contributed by atoms with Crippen LogP contribution in [0.1, 0.15) is 28.7 Å². The standard InChI is InChI=1S/C16H17F2NO/c1-10-5-4-7-12(15(10)18)16(20)13(9-19)11-6-2-3-8-14(11)17/h2-8,13,16,20H,9,19H2,1H3. The highest BCUT2D eigenvalue weighted by atomic mass is 19.1. The molecule has 2 unspecified atom stereocenters. The van der Waals surface area contributed by atoms with Gasteiger partial charge in [-0.05, 0) is 24.1 Å². The molecule has 0 fully saturated rings. The molecule has 0 spiro atoms. The number of hydrogen-bond acceptors (Lipinski definition) is 2. The van der Waals surface area contributed by atoms with Crippen LogP contribution in [0.4, 0.5) is 8.78 Å². The summed E-state index contributed by atoms with van der Waals surface area (Å²) in [4.78, 5) is 0. The quantitative estimate of drug-likeness (QED) is 0.902. The van der Waals surface area contributed by atoms with Gasteiger partial charge in [0.1, 0.15) is 11.6 Å². The van der Waals surface area contributed by atoms with Gasteiger partial charge in [-0.1, -0.05) is 36.4 Å². The Labute approximate surface area is 116 Å². The fourth-order valence-corrected chi connectivity index (χ4v) is 2.32. The van der Waals surface area contributed by atoms with Crippen LogP contribution in [0.3, 0.4) is 0 Å². The van der Waals surface area contributed by atoms with E-state index in [0.717, 1.165) is 0 Å². The fraction of sp³-hybridized carbons (Fsp3) is 0.250. The lowest BCUT2D eigenvalue weighted by atomic mass is 9.88. The van der Waals surface area contributed by atoms with Crippen LogP contribution < -0.4 is 5.73 Å². The van der Waals surface area contributed by atoms with E-state index in [1.807, 2.05) is 0 Å². The van der Waals surface area contributed by atoms with E-state index in [9.17, 15) is 13.9 Å². The van der Waals surface area contributed by atoms with Gasteiger partial charge in [-0.15, -0.1) is 0 Å². The van der Waals surface area contributed by atoms with Crippen LogP contribution in [0.5, 0.6) is 0 Å². The molecule has 0 bridgehead atoms.